The zero-order valence-corrected chi connectivity index (χ0v) is 19.1. The minimum absolute atomic E-state index is 0.0105. The van der Waals surface area contributed by atoms with E-state index in [4.69, 9.17) is 26.2 Å². The molecule has 1 saturated carbocycles. The van der Waals surface area contributed by atoms with E-state index in [0.717, 1.165) is 25.7 Å². The van der Waals surface area contributed by atoms with E-state index in [1.807, 2.05) is 0 Å². The Morgan fingerprint density at radius 2 is 2.19 bits per heavy atom. The van der Waals surface area contributed by atoms with Gasteiger partial charge in [-0.05, 0) is 51.7 Å². The first-order chi connectivity index (χ1) is 14.6. The fourth-order valence-electron chi connectivity index (χ4n) is 3.70. The van der Waals surface area contributed by atoms with Gasteiger partial charge < -0.3 is 24.2 Å². The van der Waals surface area contributed by atoms with Crippen LogP contribution in [0.3, 0.4) is 0 Å². The largest absolute Gasteiger partial charge is 0.461 e. The molecular formula is C18H28N3O8PS. The number of nitrogens with one attached hydrogen (secondary N) is 2. The standard InChI is InChI=1S/C18H28N3O8PS/c1-10(15(24)28-11-5-3-4-6-11)20-30(26)27-9-12-14(23)18(2,25)16(29-12)21-8-7-13(22)19-17(21)31/h7-8,10-12,14,16,23,25,30H,3-6,9H2,1-2H3,(H,20,26)(H,19,22,31)/t10-,12+,14?,16+,18+/m0/s1. The summed E-state index contributed by atoms with van der Waals surface area (Å²) in [6.07, 6.45) is 1.46. The Labute approximate surface area is 184 Å². The summed E-state index contributed by atoms with van der Waals surface area (Å²) in [5.74, 6) is -0.499. The molecular weight excluding hydrogens is 449 g/mol. The van der Waals surface area contributed by atoms with E-state index >= 15 is 0 Å². The molecule has 0 amide bonds. The van der Waals surface area contributed by atoms with Gasteiger partial charge in [0.15, 0.2) is 11.0 Å². The van der Waals surface area contributed by atoms with E-state index in [2.05, 4.69) is 10.1 Å². The van der Waals surface area contributed by atoms with Crippen LogP contribution in [0.25, 0.3) is 0 Å². The van der Waals surface area contributed by atoms with E-state index in [9.17, 15) is 24.4 Å². The number of carbonyl (C=O) groups is 1. The average Bonchev–Trinajstić information content (AvgIpc) is 3.28. The van der Waals surface area contributed by atoms with Crippen molar-refractivity contribution in [3.8, 4) is 0 Å². The normalized spacial score (nSPS) is 30.9. The van der Waals surface area contributed by atoms with Gasteiger partial charge in [0, 0.05) is 12.3 Å². The number of rotatable bonds is 8. The van der Waals surface area contributed by atoms with Gasteiger partial charge in [-0.25, -0.2) is 5.09 Å². The van der Waals surface area contributed by atoms with Crippen LogP contribution in [0.5, 0.6) is 0 Å². The Balaban J connectivity index is 1.54. The molecule has 1 saturated heterocycles. The molecule has 2 heterocycles. The number of hydrogen-bond donors (Lipinski definition) is 4. The number of aromatic amines is 1. The molecule has 0 spiro atoms. The molecule has 0 aromatic carbocycles. The highest BCUT2D eigenvalue weighted by molar-refractivity contribution is 7.71. The van der Waals surface area contributed by atoms with Gasteiger partial charge in [0.2, 0.25) is 0 Å². The number of H-pyrrole nitrogens is 1. The van der Waals surface area contributed by atoms with Crippen molar-refractivity contribution < 1.29 is 33.6 Å². The lowest BCUT2D eigenvalue weighted by Crippen LogP contribution is -2.44. The molecule has 174 valence electrons. The second kappa shape index (κ2) is 10.0. The van der Waals surface area contributed by atoms with Gasteiger partial charge in [0.25, 0.3) is 13.7 Å². The van der Waals surface area contributed by atoms with Crippen molar-refractivity contribution in [2.45, 2.75) is 75.7 Å². The summed E-state index contributed by atoms with van der Waals surface area (Å²) < 4.78 is 29.9. The molecule has 0 bridgehead atoms. The lowest BCUT2D eigenvalue weighted by molar-refractivity contribution is -0.150. The second-order valence-corrected chi connectivity index (χ2v) is 9.56. The molecule has 1 aromatic heterocycles. The van der Waals surface area contributed by atoms with E-state index in [0.29, 0.717) is 0 Å². The molecule has 2 unspecified atom stereocenters. The number of esters is 1. The molecule has 13 heteroatoms. The number of aromatic nitrogens is 2. The van der Waals surface area contributed by atoms with Gasteiger partial charge >= 0.3 is 5.97 Å². The fraction of sp³-hybridized carbons (Fsp3) is 0.722. The number of ether oxygens (including phenoxy) is 2. The van der Waals surface area contributed by atoms with Gasteiger partial charge in [-0.15, -0.1) is 0 Å². The van der Waals surface area contributed by atoms with Gasteiger partial charge in [0.05, 0.1) is 6.61 Å². The highest BCUT2D eigenvalue weighted by Crippen LogP contribution is 2.39. The maximum Gasteiger partial charge on any atom is 0.323 e. The van der Waals surface area contributed by atoms with E-state index in [1.54, 1.807) is 0 Å². The van der Waals surface area contributed by atoms with Crippen molar-refractivity contribution in [3.05, 3.63) is 27.4 Å². The molecule has 1 aliphatic heterocycles. The molecule has 6 atom stereocenters. The van der Waals surface area contributed by atoms with Crippen molar-refractivity contribution in [1.82, 2.24) is 14.6 Å². The zero-order chi connectivity index (χ0) is 22.8. The van der Waals surface area contributed by atoms with E-state index in [1.165, 1.54) is 30.7 Å². The SMILES string of the molecule is C[C@H](N[PH](=O)OC[C@H]1O[C@@H](n2ccc(=O)[nH]c2=S)[C@](C)(O)C1O)C(=O)OC1CCCC1. The monoisotopic (exact) mass is 477 g/mol. The van der Waals surface area contributed by atoms with Gasteiger partial charge in [-0.2, -0.15) is 0 Å². The third-order valence-electron chi connectivity index (χ3n) is 5.51. The summed E-state index contributed by atoms with van der Waals surface area (Å²) in [7, 11) is -2.86. The summed E-state index contributed by atoms with van der Waals surface area (Å²) in [6, 6.07) is 0.386. The molecule has 4 N–H and O–H groups in total. The third-order valence-corrected chi connectivity index (χ3v) is 6.92. The molecule has 0 radical (unpaired) electrons. The summed E-state index contributed by atoms with van der Waals surface area (Å²) in [5.41, 5.74) is -2.17. The van der Waals surface area contributed by atoms with Gasteiger partial charge in [-0.1, -0.05) is 0 Å². The Kier molecular flexibility index (Phi) is 7.85. The number of nitrogens with zero attached hydrogens (tertiary/aromatic N) is 1. The topological polar surface area (TPSA) is 152 Å². The van der Waals surface area contributed by atoms with Crippen LogP contribution in [-0.4, -0.2) is 62.3 Å². The quantitative estimate of drug-likeness (QED) is 0.240. The van der Waals surface area contributed by atoms with Crippen LogP contribution in [0, 0.1) is 4.77 Å². The van der Waals surface area contributed by atoms with Crippen molar-refractivity contribution in [2.24, 2.45) is 0 Å². The minimum atomic E-state index is -2.86. The highest BCUT2D eigenvalue weighted by atomic mass is 32.1. The predicted molar refractivity (Wildman–Crippen MR) is 112 cm³/mol. The summed E-state index contributed by atoms with van der Waals surface area (Å²) in [4.78, 5) is 25.9. The molecule has 31 heavy (non-hydrogen) atoms. The molecule has 11 nitrogen and oxygen atoms in total. The van der Waals surface area contributed by atoms with Crippen LogP contribution >= 0.6 is 20.4 Å². The Bertz CT molecular complexity index is 929. The first kappa shape index (κ1) is 24.2. The van der Waals surface area contributed by atoms with Crippen molar-refractivity contribution in [3.63, 3.8) is 0 Å². The van der Waals surface area contributed by atoms with Crippen LogP contribution in [-0.2, 0) is 23.4 Å². The summed E-state index contributed by atoms with van der Waals surface area (Å²) in [5, 5.41) is 23.8. The first-order valence-electron chi connectivity index (χ1n) is 10.1. The van der Waals surface area contributed by atoms with Crippen LogP contribution in [0.1, 0.15) is 45.8 Å². The molecule has 3 rings (SSSR count). The van der Waals surface area contributed by atoms with Crippen LogP contribution in [0.2, 0.25) is 0 Å². The maximum absolute atomic E-state index is 12.2. The minimum Gasteiger partial charge on any atom is -0.461 e. The zero-order valence-electron chi connectivity index (χ0n) is 17.3. The highest BCUT2D eigenvalue weighted by Gasteiger charge is 2.53. The molecule has 1 aliphatic carbocycles. The number of hydrogen-bond acceptors (Lipinski definition) is 9. The van der Waals surface area contributed by atoms with Crippen molar-refractivity contribution >= 4 is 26.4 Å². The molecule has 2 fully saturated rings. The number of carbonyl (C=O) groups excluding carboxylic acids is 1. The fourth-order valence-corrected chi connectivity index (χ4v) is 4.83. The van der Waals surface area contributed by atoms with Crippen molar-refractivity contribution in [2.75, 3.05) is 6.61 Å². The van der Waals surface area contributed by atoms with Crippen molar-refractivity contribution in [1.29, 1.82) is 0 Å². The van der Waals surface area contributed by atoms with Gasteiger partial charge in [0.1, 0.15) is 30.0 Å². The smallest absolute Gasteiger partial charge is 0.323 e. The third kappa shape index (κ3) is 5.70. The first-order valence-corrected chi connectivity index (χ1v) is 11.8. The molecule has 2 aliphatic rings. The van der Waals surface area contributed by atoms with E-state index < -0.39 is 49.8 Å². The Morgan fingerprint density at radius 3 is 2.84 bits per heavy atom. The van der Waals surface area contributed by atoms with Gasteiger partial charge in [-0.3, -0.25) is 23.7 Å². The lowest BCUT2D eigenvalue weighted by Gasteiger charge is -2.27. The molecule has 1 aromatic rings. The Hall–Kier alpha value is -1.40. The second-order valence-electron chi connectivity index (χ2n) is 8.02. The summed E-state index contributed by atoms with van der Waals surface area (Å²) in [6.45, 7) is 2.58. The number of aliphatic hydroxyl groups excluding tert-OH is 1. The van der Waals surface area contributed by atoms with Crippen LogP contribution < -0.4 is 10.6 Å². The van der Waals surface area contributed by atoms with Crippen LogP contribution in [0.4, 0.5) is 0 Å². The van der Waals surface area contributed by atoms with E-state index in [-0.39, 0.29) is 17.5 Å². The predicted octanol–water partition coefficient (Wildman–Crippen LogP) is 0.785. The average molecular weight is 477 g/mol. The lowest BCUT2D eigenvalue weighted by atomic mass is 9.96. The Morgan fingerprint density at radius 1 is 1.52 bits per heavy atom. The van der Waals surface area contributed by atoms with Crippen LogP contribution in [0.15, 0.2) is 17.1 Å². The maximum atomic E-state index is 12.2. The number of aliphatic hydroxyl groups is 2. The summed E-state index contributed by atoms with van der Waals surface area (Å²) >= 11 is 5.09.